The van der Waals surface area contributed by atoms with Crippen molar-refractivity contribution in [2.75, 3.05) is 38.0 Å². The van der Waals surface area contributed by atoms with Gasteiger partial charge in [-0.2, -0.15) is 0 Å². The summed E-state index contributed by atoms with van der Waals surface area (Å²) in [5.74, 6) is 0.601. The maximum absolute atomic E-state index is 12.5. The highest BCUT2D eigenvalue weighted by Crippen LogP contribution is 2.27. The fraction of sp³-hybridized carbons (Fsp3) is 0.600. The van der Waals surface area contributed by atoms with E-state index in [4.69, 9.17) is 0 Å². The molecular formula is C20H29N3O2. The van der Waals surface area contributed by atoms with Gasteiger partial charge in [-0.25, -0.2) is 0 Å². The van der Waals surface area contributed by atoms with Gasteiger partial charge in [-0.3, -0.25) is 14.5 Å². The number of anilines is 1. The Kier molecular flexibility index (Phi) is 5.74. The average Bonchev–Trinajstić information content (AvgIpc) is 3.13. The Balaban J connectivity index is 1.47. The molecule has 0 unspecified atom stereocenters. The molecular weight excluding hydrogens is 314 g/mol. The van der Waals surface area contributed by atoms with E-state index in [1.807, 2.05) is 36.9 Å². The maximum atomic E-state index is 12.5. The molecule has 136 valence electrons. The molecule has 1 aliphatic carbocycles. The van der Waals surface area contributed by atoms with Gasteiger partial charge in [-0.15, -0.1) is 0 Å². The lowest BCUT2D eigenvalue weighted by molar-refractivity contribution is -0.137. The molecule has 0 bridgehead atoms. The quantitative estimate of drug-likeness (QED) is 0.914. The first-order valence-corrected chi connectivity index (χ1v) is 9.42. The fourth-order valence-corrected chi connectivity index (χ4v) is 3.95. The van der Waals surface area contributed by atoms with Crippen molar-refractivity contribution in [3.8, 4) is 0 Å². The van der Waals surface area contributed by atoms with Crippen molar-refractivity contribution >= 4 is 17.5 Å². The van der Waals surface area contributed by atoms with Gasteiger partial charge >= 0.3 is 0 Å². The summed E-state index contributed by atoms with van der Waals surface area (Å²) >= 11 is 0. The standard InChI is InChI=1S/C20H29N3O2/c1-15-6-5-7-16(2)19(15)21-18(24)14-22-10-12-23(13-11-22)20(25)17-8-3-4-9-17/h5-7,17H,3-4,8-14H2,1-2H3,(H,21,24). The van der Waals surface area contributed by atoms with Crippen LogP contribution in [0.5, 0.6) is 0 Å². The molecule has 1 aromatic rings. The zero-order valence-electron chi connectivity index (χ0n) is 15.4. The lowest BCUT2D eigenvalue weighted by Gasteiger charge is -2.35. The highest BCUT2D eigenvalue weighted by molar-refractivity contribution is 5.93. The molecule has 5 heteroatoms. The number of rotatable bonds is 4. The van der Waals surface area contributed by atoms with Crippen LogP contribution in [0.4, 0.5) is 5.69 Å². The van der Waals surface area contributed by atoms with Gasteiger partial charge in [-0.05, 0) is 37.8 Å². The van der Waals surface area contributed by atoms with Gasteiger partial charge in [-0.1, -0.05) is 31.0 Å². The van der Waals surface area contributed by atoms with Gasteiger partial charge < -0.3 is 10.2 Å². The summed E-state index contributed by atoms with van der Waals surface area (Å²) in [4.78, 5) is 29.0. The van der Waals surface area contributed by atoms with Gasteiger partial charge in [0.15, 0.2) is 0 Å². The second-order valence-corrected chi connectivity index (χ2v) is 7.40. The Morgan fingerprint density at radius 2 is 1.64 bits per heavy atom. The molecule has 0 spiro atoms. The van der Waals surface area contributed by atoms with E-state index in [1.54, 1.807) is 0 Å². The van der Waals surface area contributed by atoms with E-state index in [9.17, 15) is 9.59 Å². The molecule has 1 heterocycles. The number of nitrogens with one attached hydrogen (secondary N) is 1. The summed E-state index contributed by atoms with van der Waals surface area (Å²) < 4.78 is 0. The van der Waals surface area contributed by atoms with Crippen LogP contribution in [0.15, 0.2) is 18.2 Å². The summed E-state index contributed by atoms with van der Waals surface area (Å²) in [6.45, 7) is 7.44. The minimum atomic E-state index is 0.0213. The normalized spacial score (nSPS) is 19.2. The molecule has 0 aromatic heterocycles. The van der Waals surface area contributed by atoms with Gasteiger partial charge in [0.2, 0.25) is 11.8 Å². The topological polar surface area (TPSA) is 52.7 Å². The molecule has 25 heavy (non-hydrogen) atoms. The van der Waals surface area contributed by atoms with Crippen LogP contribution in [0.1, 0.15) is 36.8 Å². The van der Waals surface area contributed by atoms with Gasteiger partial charge in [0.1, 0.15) is 0 Å². The third kappa shape index (κ3) is 4.40. The number of amides is 2. The van der Waals surface area contributed by atoms with Crippen molar-refractivity contribution in [2.24, 2.45) is 5.92 Å². The first-order valence-electron chi connectivity index (χ1n) is 9.42. The summed E-state index contributed by atoms with van der Waals surface area (Å²) in [5.41, 5.74) is 3.09. The molecule has 0 atom stereocenters. The molecule has 1 saturated heterocycles. The number of benzene rings is 1. The Bertz CT molecular complexity index is 610. The number of nitrogens with zero attached hydrogens (tertiary/aromatic N) is 2. The molecule has 3 rings (SSSR count). The SMILES string of the molecule is Cc1cccc(C)c1NC(=O)CN1CCN(C(=O)C2CCCC2)CC1. The highest BCUT2D eigenvalue weighted by atomic mass is 16.2. The number of hydrogen-bond donors (Lipinski definition) is 1. The van der Waals surface area contributed by atoms with Crippen molar-refractivity contribution in [1.29, 1.82) is 0 Å². The van der Waals surface area contributed by atoms with Crippen LogP contribution in [0.2, 0.25) is 0 Å². The first kappa shape index (κ1) is 17.9. The Labute approximate surface area is 150 Å². The minimum Gasteiger partial charge on any atom is -0.340 e. The van der Waals surface area contributed by atoms with Gasteiger partial charge in [0, 0.05) is 37.8 Å². The van der Waals surface area contributed by atoms with Crippen LogP contribution in [0.3, 0.4) is 0 Å². The number of para-hydroxylation sites is 1. The number of piperazine rings is 1. The summed E-state index contributed by atoms with van der Waals surface area (Å²) in [6.07, 6.45) is 4.48. The molecule has 1 N–H and O–H groups in total. The van der Waals surface area contributed by atoms with E-state index in [-0.39, 0.29) is 11.8 Å². The molecule has 2 amide bonds. The average molecular weight is 343 g/mol. The fourth-order valence-electron chi connectivity index (χ4n) is 3.95. The van der Waals surface area contributed by atoms with Crippen LogP contribution >= 0.6 is 0 Å². The third-order valence-corrected chi connectivity index (χ3v) is 5.50. The van der Waals surface area contributed by atoms with Gasteiger partial charge in [0.05, 0.1) is 6.54 Å². The number of carbonyl (C=O) groups excluding carboxylic acids is 2. The molecule has 1 aromatic carbocycles. The van der Waals surface area contributed by atoms with E-state index >= 15 is 0 Å². The molecule has 1 aliphatic heterocycles. The molecule has 1 saturated carbocycles. The third-order valence-electron chi connectivity index (χ3n) is 5.50. The summed E-state index contributed by atoms with van der Waals surface area (Å²) in [7, 11) is 0. The van der Waals surface area contributed by atoms with Crippen molar-refractivity contribution in [1.82, 2.24) is 9.80 Å². The van der Waals surface area contributed by atoms with E-state index < -0.39 is 0 Å². The number of hydrogen-bond acceptors (Lipinski definition) is 3. The lowest BCUT2D eigenvalue weighted by Crippen LogP contribution is -2.51. The number of aryl methyl sites for hydroxylation is 2. The lowest BCUT2D eigenvalue weighted by atomic mass is 10.1. The van der Waals surface area contributed by atoms with E-state index in [0.717, 1.165) is 55.8 Å². The van der Waals surface area contributed by atoms with E-state index in [1.165, 1.54) is 12.8 Å². The zero-order chi connectivity index (χ0) is 17.8. The van der Waals surface area contributed by atoms with Crippen molar-refractivity contribution < 1.29 is 9.59 Å². The second-order valence-electron chi connectivity index (χ2n) is 7.40. The van der Waals surface area contributed by atoms with Crippen LogP contribution in [-0.4, -0.2) is 54.3 Å². The summed E-state index contributed by atoms with van der Waals surface area (Å²) in [6, 6.07) is 6.02. The van der Waals surface area contributed by atoms with Crippen LogP contribution in [-0.2, 0) is 9.59 Å². The Morgan fingerprint density at radius 3 is 2.24 bits per heavy atom. The molecule has 2 fully saturated rings. The van der Waals surface area contributed by atoms with Crippen molar-refractivity contribution in [2.45, 2.75) is 39.5 Å². The van der Waals surface area contributed by atoms with E-state index in [2.05, 4.69) is 10.2 Å². The summed E-state index contributed by atoms with van der Waals surface area (Å²) in [5, 5.41) is 3.04. The molecule has 5 nitrogen and oxygen atoms in total. The predicted molar refractivity (Wildman–Crippen MR) is 99.5 cm³/mol. The number of carbonyl (C=O) groups is 2. The van der Waals surface area contributed by atoms with Crippen LogP contribution in [0, 0.1) is 19.8 Å². The molecule has 2 aliphatic rings. The van der Waals surface area contributed by atoms with Crippen molar-refractivity contribution in [3.63, 3.8) is 0 Å². The first-order chi connectivity index (χ1) is 12.0. The predicted octanol–water partition coefficient (Wildman–Crippen LogP) is 2.58. The maximum Gasteiger partial charge on any atom is 0.238 e. The monoisotopic (exact) mass is 343 g/mol. The zero-order valence-corrected chi connectivity index (χ0v) is 15.4. The van der Waals surface area contributed by atoms with E-state index in [0.29, 0.717) is 12.5 Å². The molecule has 0 radical (unpaired) electrons. The van der Waals surface area contributed by atoms with Crippen LogP contribution in [0.25, 0.3) is 0 Å². The largest absolute Gasteiger partial charge is 0.340 e. The minimum absolute atomic E-state index is 0.0213. The van der Waals surface area contributed by atoms with Gasteiger partial charge in [0.25, 0.3) is 0 Å². The Hall–Kier alpha value is -1.88. The smallest absolute Gasteiger partial charge is 0.238 e. The van der Waals surface area contributed by atoms with Crippen LogP contribution < -0.4 is 5.32 Å². The second kappa shape index (κ2) is 8.00. The highest BCUT2D eigenvalue weighted by Gasteiger charge is 2.29. The Morgan fingerprint density at radius 1 is 1.04 bits per heavy atom. The van der Waals surface area contributed by atoms with Crippen molar-refractivity contribution in [3.05, 3.63) is 29.3 Å².